The third-order valence-electron chi connectivity index (χ3n) is 3.82. The smallest absolute Gasteiger partial charge is 0.223 e. The molecule has 2 aromatic rings. The van der Waals surface area contributed by atoms with Crippen LogP contribution in [0.1, 0.15) is 6.42 Å². The molecule has 126 valence electrons. The first-order valence-electron chi connectivity index (χ1n) is 7.67. The van der Waals surface area contributed by atoms with E-state index in [-0.39, 0.29) is 29.1 Å². The number of likely N-dealkylation sites (tertiary alicyclic amines) is 1. The summed E-state index contributed by atoms with van der Waals surface area (Å²) in [7, 11) is -3.42. The number of hydrogen-bond acceptors (Lipinski definition) is 5. The molecule has 1 aromatic heterocycles. The zero-order valence-electron chi connectivity index (χ0n) is 13.0. The van der Waals surface area contributed by atoms with E-state index in [1.165, 1.54) is 0 Å². The fourth-order valence-corrected chi connectivity index (χ4v) is 3.70. The van der Waals surface area contributed by atoms with Crippen molar-refractivity contribution in [3.05, 3.63) is 54.9 Å². The van der Waals surface area contributed by atoms with E-state index in [4.69, 9.17) is 4.74 Å². The van der Waals surface area contributed by atoms with Gasteiger partial charge in [-0.15, -0.1) is 0 Å². The Hall–Kier alpha value is -2.41. The highest BCUT2D eigenvalue weighted by atomic mass is 32.2. The van der Waals surface area contributed by atoms with Crippen LogP contribution in [0.2, 0.25) is 0 Å². The van der Waals surface area contributed by atoms with E-state index in [0.717, 1.165) is 0 Å². The van der Waals surface area contributed by atoms with Crippen LogP contribution in [0.25, 0.3) is 0 Å². The average Bonchev–Trinajstić information content (AvgIpc) is 2.57. The number of amides is 1. The summed E-state index contributed by atoms with van der Waals surface area (Å²) in [5.74, 6) is 0.322. The zero-order valence-corrected chi connectivity index (χ0v) is 13.9. The highest BCUT2D eigenvalue weighted by Crippen LogP contribution is 2.18. The molecule has 24 heavy (non-hydrogen) atoms. The van der Waals surface area contributed by atoms with Crippen molar-refractivity contribution >= 4 is 15.7 Å². The second kappa shape index (κ2) is 7.00. The number of sulfone groups is 1. The predicted molar refractivity (Wildman–Crippen MR) is 88.3 cm³/mol. The lowest BCUT2D eigenvalue weighted by Gasteiger charge is -2.39. The number of rotatable bonds is 6. The first kappa shape index (κ1) is 16.4. The molecule has 0 aliphatic carbocycles. The third-order valence-corrected chi connectivity index (χ3v) is 5.56. The summed E-state index contributed by atoms with van der Waals surface area (Å²) >= 11 is 0. The maximum atomic E-state index is 12.2. The van der Waals surface area contributed by atoms with Gasteiger partial charge in [-0.1, -0.05) is 18.2 Å². The molecule has 0 radical (unpaired) electrons. The molecule has 2 heterocycles. The summed E-state index contributed by atoms with van der Waals surface area (Å²) in [6.07, 6.45) is 3.20. The Labute approximate surface area is 141 Å². The Bertz CT molecular complexity index is 788. The van der Waals surface area contributed by atoms with E-state index in [2.05, 4.69) is 4.98 Å². The third kappa shape index (κ3) is 3.91. The quantitative estimate of drug-likeness (QED) is 0.793. The van der Waals surface area contributed by atoms with Crippen molar-refractivity contribution in [2.45, 2.75) is 17.4 Å². The predicted octanol–water partition coefficient (Wildman–Crippen LogP) is 1.54. The highest BCUT2D eigenvalue weighted by Gasteiger charge is 2.32. The van der Waals surface area contributed by atoms with Crippen molar-refractivity contribution in [1.82, 2.24) is 9.88 Å². The molecule has 0 saturated carbocycles. The van der Waals surface area contributed by atoms with Crippen molar-refractivity contribution in [1.29, 1.82) is 0 Å². The van der Waals surface area contributed by atoms with Gasteiger partial charge in [0.15, 0.2) is 9.84 Å². The van der Waals surface area contributed by atoms with Gasteiger partial charge < -0.3 is 9.64 Å². The van der Waals surface area contributed by atoms with Gasteiger partial charge in [0.25, 0.3) is 0 Å². The molecule has 1 aromatic carbocycles. The lowest BCUT2D eigenvalue weighted by Crippen LogP contribution is -2.56. The molecule has 1 fully saturated rings. The molecule has 0 spiro atoms. The van der Waals surface area contributed by atoms with Gasteiger partial charge in [-0.3, -0.25) is 9.78 Å². The summed E-state index contributed by atoms with van der Waals surface area (Å²) in [4.78, 5) is 17.9. The summed E-state index contributed by atoms with van der Waals surface area (Å²) in [6, 6.07) is 11.8. The second-order valence-corrected chi connectivity index (χ2v) is 7.72. The van der Waals surface area contributed by atoms with Crippen LogP contribution in [0.15, 0.2) is 59.8 Å². The van der Waals surface area contributed by atoms with E-state index in [1.54, 1.807) is 53.7 Å². The number of carbonyl (C=O) groups excluding carboxylic acids is 1. The number of pyridine rings is 1. The van der Waals surface area contributed by atoms with Gasteiger partial charge in [0.2, 0.25) is 5.91 Å². The number of ether oxygens (including phenoxy) is 1. The fourth-order valence-electron chi connectivity index (χ4n) is 2.45. The van der Waals surface area contributed by atoms with E-state index in [9.17, 15) is 13.2 Å². The number of benzene rings is 1. The minimum Gasteiger partial charge on any atom is -0.485 e. The van der Waals surface area contributed by atoms with Gasteiger partial charge in [-0.25, -0.2) is 8.42 Å². The maximum absolute atomic E-state index is 12.2. The molecular weight excluding hydrogens is 328 g/mol. The number of hydrogen-bond donors (Lipinski definition) is 0. The van der Waals surface area contributed by atoms with Crippen molar-refractivity contribution in [2.24, 2.45) is 0 Å². The van der Waals surface area contributed by atoms with Crippen LogP contribution < -0.4 is 4.74 Å². The Morgan fingerprint density at radius 1 is 1.17 bits per heavy atom. The lowest BCUT2D eigenvalue weighted by molar-refractivity contribution is -0.139. The van der Waals surface area contributed by atoms with Gasteiger partial charge in [0, 0.05) is 12.6 Å². The highest BCUT2D eigenvalue weighted by molar-refractivity contribution is 7.91. The van der Waals surface area contributed by atoms with Crippen LogP contribution in [0.3, 0.4) is 0 Å². The molecule has 0 bridgehead atoms. The number of aromatic nitrogens is 1. The van der Waals surface area contributed by atoms with Crippen molar-refractivity contribution in [3.8, 4) is 5.75 Å². The zero-order chi connectivity index (χ0) is 17.0. The first-order valence-corrected chi connectivity index (χ1v) is 9.32. The van der Waals surface area contributed by atoms with Crippen molar-refractivity contribution in [3.63, 3.8) is 0 Å². The minimum atomic E-state index is -3.42. The SMILES string of the molecule is O=C(CCS(=O)(=O)c1ccccc1)N1CC(Oc2cccnc2)C1. The van der Waals surface area contributed by atoms with Gasteiger partial charge in [-0.2, -0.15) is 0 Å². The number of carbonyl (C=O) groups is 1. The number of nitrogens with zero attached hydrogens (tertiary/aromatic N) is 2. The largest absolute Gasteiger partial charge is 0.485 e. The molecular formula is C17H18N2O4S. The van der Waals surface area contributed by atoms with E-state index in [0.29, 0.717) is 18.8 Å². The minimum absolute atomic E-state index is 0.0170. The van der Waals surface area contributed by atoms with Crippen LogP contribution in [0, 0.1) is 0 Å². The Kier molecular flexibility index (Phi) is 4.80. The van der Waals surface area contributed by atoms with Crippen molar-refractivity contribution < 1.29 is 17.9 Å². The molecule has 6 nitrogen and oxygen atoms in total. The van der Waals surface area contributed by atoms with Crippen LogP contribution in [-0.2, 0) is 14.6 Å². The molecule has 1 aliphatic heterocycles. The Morgan fingerprint density at radius 3 is 2.58 bits per heavy atom. The van der Waals surface area contributed by atoms with Crippen molar-refractivity contribution in [2.75, 3.05) is 18.8 Å². The molecule has 7 heteroatoms. The summed E-state index contributed by atoms with van der Waals surface area (Å²) in [6.45, 7) is 0.943. The standard InChI is InChI=1S/C17H18N2O4S/c20-17(8-10-24(21,22)16-6-2-1-3-7-16)19-12-15(13-19)23-14-5-4-9-18-11-14/h1-7,9,11,15H,8,10,12-13H2. The second-order valence-electron chi connectivity index (χ2n) is 5.61. The topological polar surface area (TPSA) is 76.6 Å². The molecule has 1 aliphatic rings. The first-order chi connectivity index (χ1) is 11.5. The summed E-state index contributed by atoms with van der Waals surface area (Å²) < 4.78 is 30.0. The van der Waals surface area contributed by atoms with Gasteiger partial charge in [-0.05, 0) is 24.3 Å². The average molecular weight is 346 g/mol. The normalized spacial score (nSPS) is 14.9. The van der Waals surface area contributed by atoms with Crippen LogP contribution in [-0.4, -0.2) is 49.2 Å². The Balaban J connectivity index is 1.46. The van der Waals surface area contributed by atoms with E-state index >= 15 is 0 Å². The Morgan fingerprint density at radius 2 is 1.92 bits per heavy atom. The van der Waals surface area contributed by atoms with Crippen LogP contribution >= 0.6 is 0 Å². The molecule has 0 N–H and O–H groups in total. The van der Waals surface area contributed by atoms with Gasteiger partial charge in [0.1, 0.15) is 11.9 Å². The van der Waals surface area contributed by atoms with Gasteiger partial charge >= 0.3 is 0 Å². The molecule has 1 saturated heterocycles. The van der Waals surface area contributed by atoms with E-state index in [1.807, 2.05) is 6.07 Å². The van der Waals surface area contributed by atoms with E-state index < -0.39 is 9.84 Å². The summed E-state index contributed by atoms with van der Waals surface area (Å²) in [5.41, 5.74) is 0. The molecule has 1 amide bonds. The maximum Gasteiger partial charge on any atom is 0.223 e. The molecule has 0 atom stereocenters. The molecule has 3 rings (SSSR count). The van der Waals surface area contributed by atoms with Crippen LogP contribution in [0.4, 0.5) is 0 Å². The summed E-state index contributed by atoms with van der Waals surface area (Å²) in [5, 5.41) is 0. The lowest BCUT2D eigenvalue weighted by atomic mass is 10.1. The monoisotopic (exact) mass is 346 g/mol. The van der Waals surface area contributed by atoms with Gasteiger partial charge in [0.05, 0.1) is 29.9 Å². The molecule has 0 unspecified atom stereocenters. The fraction of sp³-hybridized carbons (Fsp3) is 0.294. The van der Waals surface area contributed by atoms with Crippen LogP contribution in [0.5, 0.6) is 5.75 Å².